The van der Waals surface area contributed by atoms with Crippen molar-refractivity contribution in [2.45, 2.75) is 25.8 Å². The van der Waals surface area contributed by atoms with E-state index >= 15 is 0 Å². The summed E-state index contributed by atoms with van der Waals surface area (Å²) in [5.41, 5.74) is 5.98. The number of aromatic hydroxyl groups is 1. The summed E-state index contributed by atoms with van der Waals surface area (Å²) in [6.45, 7) is 2.94. The number of aryl methyl sites for hydroxylation is 1. The Bertz CT molecular complexity index is 902. The fourth-order valence-electron chi connectivity index (χ4n) is 3.81. The highest BCUT2D eigenvalue weighted by molar-refractivity contribution is 5.53. The molecule has 0 fully saturated rings. The summed E-state index contributed by atoms with van der Waals surface area (Å²) in [6.07, 6.45) is 1.74. The lowest BCUT2D eigenvalue weighted by Gasteiger charge is -2.39. The lowest BCUT2D eigenvalue weighted by Crippen LogP contribution is -2.36. The molecule has 0 saturated carbocycles. The predicted octanol–water partition coefficient (Wildman–Crippen LogP) is 5.19. The highest BCUT2D eigenvalue weighted by Gasteiger charge is 2.28. The zero-order chi connectivity index (χ0) is 18.1. The maximum absolute atomic E-state index is 13.4. The fourth-order valence-corrected chi connectivity index (χ4v) is 3.81. The van der Waals surface area contributed by atoms with E-state index in [1.54, 1.807) is 6.07 Å². The average Bonchev–Trinajstić information content (AvgIpc) is 2.64. The molecule has 0 spiro atoms. The molecule has 0 radical (unpaired) electrons. The van der Waals surface area contributed by atoms with Crippen LogP contribution >= 0.6 is 0 Å². The van der Waals surface area contributed by atoms with E-state index in [2.05, 4.69) is 36.1 Å². The first kappa shape index (κ1) is 16.6. The first-order chi connectivity index (χ1) is 12.6. The van der Waals surface area contributed by atoms with Gasteiger partial charge in [-0.25, -0.2) is 4.39 Å². The van der Waals surface area contributed by atoms with Crippen LogP contribution in [-0.4, -0.2) is 11.7 Å². The predicted molar refractivity (Wildman–Crippen MR) is 103 cm³/mol. The number of rotatable bonds is 3. The smallest absolute Gasteiger partial charge is 0.123 e. The second kappa shape index (κ2) is 6.83. The Labute approximate surface area is 153 Å². The molecule has 3 heteroatoms. The van der Waals surface area contributed by atoms with Crippen molar-refractivity contribution in [3.05, 3.63) is 94.8 Å². The van der Waals surface area contributed by atoms with Crippen molar-refractivity contribution in [2.24, 2.45) is 0 Å². The summed E-state index contributed by atoms with van der Waals surface area (Å²) >= 11 is 0. The van der Waals surface area contributed by atoms with E-state index in [4.69, 9.17) is 0 Å². The third-order valence-electron chi connectivity index (χ3n) is 5.19. The summed E-state index contributed by atoms with van der Waals surface area (Å²) in [5, 5.41) is 9.85. The van der Waals surface area contributed by atoms with Crippen LogP contribution in [0.25, 0.3) is 0 Å². The zero-order valence-corrected chi connectivity index (χ0v) is 14.8. The Morgan fingerprint density at radius 3 is 2.46 bits per heavy atom. The molecule has 1 aliphatic rings. The van der Waals surface area contributed by atoms with E-state index in [1.807, 2.05) is 24.3 Å². The highest BCUT2D eigenvalue weighted by atomic mass is 19.1. The summed E-state index contributed by atoms with van der Waals surface area (Å²) in [6, 6.07) is 21.2. The van der Waals surface area contributed by atoms with Crippen molar-refractivity contribution < 1.29 is 9.50 Å². The molecular formula is C23H22FNO. The summed E-state index contributed by atoms with van der Waals surface area (Å²) < 4.78 is 13.4. The highest BCUT2D eigenvalue weighted by Crippen LogP contribution is 2.37. The topological polar surface area (TPSA) is 23.5 Å². The Kier molecular flexibility index (Phi) is 4.37. The van der Waals surface area contributed by atoms with Crippen molar-refractivity contribution in [2.75, 3.05) is 11.4 Å². The number of nitrogens with zero attached hydrogens (tertiary/aromatic N) is 1. The molecule has 1 atom stereocenters. The van der Waals surface area contributed by atoms with Crippen molar-refractivity contribution in [1.82, 2.24) is 0 Å². The Balaban J connectivity index is 1.74. The molecule has 2 nitrogen and oxygen atoms in total. The molecule has 3 aromatic carbocycles. The molecule has 1 heterocycles. The second-order valence-electron chi connectivity index (χ2n) is 7.01. The number of halogens is 1. The minimum Gasteiger partial charge on any atom is -0.508 e. The van der Waals surface area contributed by atoms with Crippen LogP contribution in [0.15, 0.2) is 66.7 Å². The molecule has 0 bridgehead atoms. The quantitative estimate of drug-likeness (QED) is 0.705. The molecule has 26 heavy (non-hydrogen) atoms. The normalized spacial score (nSPS) is 16.4. The van der Waals surface area contributed by atoms with E-state index in [9.17, 15) is 9.50 Å². The number of phenols is 1. The summed E-state index contributed by atoms with van der Waals surface area (Å²) in [5.74, 6) is 0.0965. The van der Waals surface area contributed by atoms with Crippen molar-refractivity contribution in [1.29, 1.82) is 0 Å². The molecule has 0 aromatic heterocycles. The van der Waals surface area contributed by atoms with Crippen LogP contribution in [-0.2, 0) is 12.8 Å². The molecular weight excluding hydrogens is 325 g/mol. The number of hydrogen-bond acceptors (Lipinski definition) is 2. The van der Waals surface area contributed by atoms with Gasteiger partial charge in [0.2, 0.25) is 0 Å². The Hall–Kier alpha value is -2.81. The van der Waals surface area contributed by atoms with Crippen molar-refractivity contribution in [3.8, 4) is 5.75 Å². The number of anilines is 1. The van der Waals surface area contributed by atoms with Crippen LogP contribution in [0.5, 0.6) is 5.75 Å². The van der Waals surface area contributed by atoms with Gasteiger partial charge in [-0.1, -0.05) is 35.9 Å². The van der Waals surface area contributed by atoms with Crippen LogP contribution in [0.1, 0.15) is 28.3 Å². The molecule has 0 amide bonds. The van der Waals surface area contributed by atoms with E-state index in [-0.39, 0.29) is 11.9 Å². The van der Waals surface area contributed by atoms with Gasteiger partial charge in [-0.15, -0.1) is 0 Å². The van der Waals surface area contributed by atoms with Crippen LogP contribution in [0.3, 0.4) is 0 Å². The molecule has 1 N–H and O–H groups in total. The van der Waals surface area contributed by atoms with Crippen LogP contribution in [0.2, 0.25) is 0 Å². The van der Waals surface area contributed by atoms with Gasteiger partial charge >= 0.3 is 0 Å². The third-order valence-corrected chi connectivity index (χ3v) is 5.19. The minimum atomic E-state index is -0.217. The van der Waals surface area contributed by atoms with Gasteiger partial charge in [0.1, 0.15) is 11.6 Å². The Morgan fingerprint density at radius 2 is 1.73 bits per heavy atom. The standard InChI is InChI=1S/C23H22FNO/c1-16-2-4-17(5-3-16)14-23-22-11-10-21(26)15-18(22)12-13-25(23)20-8-6-19(24)7-9-20/h2-11,15,23,26H,12-14H2,1H3. The number of hydrogen-bond donors (Lipinski definition) is 1. The lowest BCUT2D eigenvalue weighted by atomic mass is 9.88. The molecule has 132 valence electrons. The van der Waals surface area contributed by atoms with Gasteiger partial charge in [0.15, 0.2) is 0 Å². The van der Waals surface area contributed by atoms with Gasteiger partial charge in [0.25, 0.3) is 0 Å². The van der Waals surface area contributed by atoms with Gasteiger partial charge < -0.3 is 10.0 Å². The van der Waals surface area contributed by atoms with Crippen LogP contribution in [0, 0.1) is 12.7 Å². The van der Waals surface area contributed by atoms with Gasteiger partial charge in [-0.2, -0.15) is 0 Å². The molecule has 1 unspecified atom stereocenters. The van der Waals surface area contributed by atoms with E-state index in [1.165, 1.54) is 34.4 Å². The van der Waals surface area contributed by atoms with Gasteiger partial charge in [0, 0.05) is 12.2 Å². The largest absolute Gasteiger partial charge is 0.508 e. The molecule has 4 rings (SSSR count). The average molecular weight is 347 g/mol. The number of phenolic OH excluding ortho intramolecular Hbond substituents is 1. The monoisotopic (exact) mass is 347 g/mol. The van der Waals surface area contributed by atoms with E-state index in [0.717, 1.165) is 25.1 Å². The molecule has 0 aliphatic carbocycles. The Morgan fingerprint density at radius 1 is 1.00 bits per heavy atom. The number of benzene rings is 3. The SMILES string of the molecule is Cc1ccc(CC2c3ccc(O)cc3CCN2c2ccc(F)cc2)cc1. The van der Waals surface area contributed by atoms with E-state index < -0.39 is 0 Å². The molecule has 0 saturated heterocycles. The van der Waals surface area contributed by atoms with E-state index in [0.29, 0.717) is 5.75 Å². The molecule has 1 aliphatic heterocycles. The zero-order valence-electron chi connectivity index (χ0n) is 14.8. The maximum Gasteiger partial charge on any atom is 0.123 e. The fraction of sp³-hybridized carbons (Fsp3) is 0.217. The first-order valence-electron chi connectivity index (χ1n) is 9.00. The van der Waals surface area contributed by atoms with Gasteiger partial charge in [0.05, 0.1) is 6.04 Å². The maximum atomic E-state index is 13.4. The number of fused-ring (bicyclic) bond motifs is 1. The van der Waals surface area contributed by atoms with Crippen LogP contribution in [0.4, 0.5) is 10.1 Å². The van der Waals surface area contributed by atoms with Crippen molar-refractivity contribution >= 4 is 5.69 Å². The second-order valence-corrected chi connectivity index (χ2v) is 7.01. The first-order valence-corrected chi connectivity index (χ1v) is 9.00. The van der Waals surface area contributed by atoms with Gasteiger partial charge in [-0.3, -0.25) is 0 Å². The van der Waals surface area contributed by atoms with Crippen molar-refractivity contribution in [3.63, 3.8) is 0 Å². The summed E-state index contributed by atoms with van der Waals surface area (Å²) in [4.78, 5) is 2.35. The van der Waals surface area contributed by atoms with Crippen LogP contribution < -0.4 is 4.90 Å². The lowest BCUT2D eigenvalue weighted by molar-refractivity contribution is 0.472. The third kappa shape index (κ3) is 3.30. The summed E-state index contributed by atoms with van der Waals surface area (Å²) in [7, 11) is 0. The molecule has 3 aromatic rings. The van der Waals surface area contributed by atoms with Gasteiger partial charge in [-0.05, 0) is 72.9 Å². The minimum absolute atomic E-state index is 0.160.